The number of nitrogens with one attached hydrogen (secondary N) is 2. The number of alkyl halides is 2. The van der Waals surface area contributed by atoms with Gasteiger partial charge in [-0.3, -0.25) is 0 Å². The van der Waals surface area contributed by atoms with Crippen molar-refractivity contribution in [3.63, 3.8) is 0 Å². The molecule has 0 aromatic heterocycles. The summed E-state index contributed by atoms with van der Waals surface area (Å²) in [5.74, 6) is 1.17. The Morgan fingerprint density at radius 3 is 2.57 bits per heavy atom. The van der Waals surface area contributed by atoms with Crippen LogP contribution in [-0.4, -0.2) is 32.8 Å². The Balaban J connectivity index is 0.00000484. The summed E-state index contributed by atoms with van der Waals surface area (Å²) in [4.78, 5) is 4.37. The minimum absolute atomic E-state index is 0. The number of guanidine groups is 1. The molecule has 1 rings (SSSR count). The minimum atomic E-state index is -2.89. The molecular weight excluding hydrogens is 419 g/mol. The van der Waals surface area contributed by atoms with Gasteiger partial charge in [-0.05, 0) is 25.5 Å². The van der Waals surface area contributed by atoms with Crippen molar-refractivity contribution in [2.24, 2.45) is 4.99 Å². The lowest BCUT2D eigenvalue weighted by Gasteiger charge is -2.13. The molecule has 0 unspecified atom stereocenters. The van der Waals surface area contributed by atoms with E-state index in [-0.39, 0.29) is 36.3 Å². The third kappa shape index (κ3) is 8.19. The van der Waals surface area contributed by atoms with Gasteiger partial charge in [0.05, 0.1) is 13.7 Å². The first-order valence-electron chi connectivity index (χ1n) is 7.24. The smallest absolute Gasteiger partial charge is 0.387 e. The topological polar surface area (TPSA) is 54.9 Å². The summed E-state index contributed by atoms with van der Waals surface area (Å²) in [5.41, 5.74) is 0.565. The zero-order valence-corrected chi connectivity index (χ0v) is 15.9. The molecule has 8 heteroatoms. The van der Waals surface area contributed by atoms with E-state index in [0.717, 1.165) is 19.5 Å². The summed E-state index contributed by atoms with van der Waals surface area (Å²) in [6.07, 6.45) is 0.965. The molecule has 0 amide bonds. The molecule has 0 bridgehead atoms. The molecular formula is C15H24F2IN3O2. The number of rotatable bonds is 8. The maximum absolute atomic E-state index is 12.5. The van der Waals surface area contributed by atoms with Gasteiger partial charge in [0.1, 0.15) is 11.5 Å². The summed E-state index contributed by atoms with van der Waals surface area (Å²) in [6.45, 7) is 2.86. The van der Waals surface area contributed by atoms with Crippen molar-refractivity contribution in [1.82, 2.24) is 10.6 Å². The van der Waals surface area contributed by atoms with E-state index >= 15 is 0 Å². The molecule has 132 valence electrons. The fourth-order valence-electron chi connectivity index (χ4n) is 1.75. The van der Waals surface area contributed by atoms with Crippen LogP contribution in [0.5, 0.6) is 11.5 Å². The molecule has 0 aliphatic rings. The number of halogens is 3. The first kappa shape index (κ1) is 21.7. The Labute approximate surface area is 152 Å². The van der Waals surface area contributed by atoms with Gasteiger partial charge < -0.3 is 20.1 Å². The van der Waals surface area contributed by atoms with E-state index in [9.17, 15) is 8.78 Å². The van der Waals surface area contributed by atoms with Crippen LogP contribution in [0.2, 0.25) is 0 Å². The van der Waals surface area contributed by atoms with Crippen LogP contribution in [0.15, 0.2) is 23.2 Å². The molecule has 0 aliphatic heterocycles. The Morgan fingerprint density at radius 2 is 2.00 bits per heavy atom. The number of aliphatic imine (C=N–C) groups is 1. The molecule has 5 nitrogen and oxygen atoms in total. The Kier molecular flexibility index (Phi) is 11.4. The fraction of sp³-hybridized carbons (Fsp3) is 0.533. The summed E-state index contributed by atoms with van der Waals surface area (Å²) < 4.78 is 34.6. The SMILES string of the molecule is CCCNC(=NCc1ccc(OC)cc1OC(F)F)NCC.I. The summed E-state index contributed by atoms with van der Waals surface area (Å²) in [7, 11) is 1.47. The van der Waals surface area contributed by atoms with Crippen LogP contribution < -0.4 is 20.1 Å². The molecule has 0 saturated carbocycles. The van der Waals surface area contributed by atoms with Crippen LogP contribution in [0.3, 0.4) is 0 Å². The van der Waals surface area contributed by atoms with E-state index in [1.807, 2.05) is 6.92 Å². The Hall–Kier alpha value is -1.32. The van der Waals surface area contributed by atoms with Crippen molar-refractivity contribution in [1.29, 1.82) is 0 Å². The molecule has 0 spiro atoms. The standard InChI is InChI=1S/C15H23F2N3O2.HI/c1-4-8-19-15(18-5-2)20-10-11-6-7-12(21-3)9-13(11)22-14(16)17;/h6-7,9,14H,4-5,8,10H2,1-3H3,(H2,18,19,20);1H. The van der Waals surface area contributed by atoms with Crippen LogP contribution >= 0.6 is 24.0 Å². The van der Waals surface area contributed by atoms with Crippen LogP contribution in [0.1, 0.15) is 25.8 Å². The van der Waals surface area contributed by atoms with E-state index in [4.69, 9.17) is 4.74 Å². The van der Waals surface area contributed by atoms with Crippen molar-refractivity contribution < 1.29 is 18.3 Å². The predicted molar refractivity (Wildman–Crippen MR) is 98.2 cm³/mol. The van der Waals surface area contributed by atoms with Gasteiger partial charge >= 0.3 is 6.61 Å². The largest absolute Gasteiger partial charge is 0.497 e. The van der Waals surface area contributed by atoms with Crippen molar-refractivity contribution in [3.8, 4) is 11.5 Å². The monoisotopic (exact) mass is 443 g/mol. The number of hydrogen-bond donors (Lipinski definition) is 2. The van der Waals surface area contributed by atoms with Crippen molar-refractivity contribution in [3.05, 3.63) is 23.8 Å². The first-order chi connectivity index (χ1) is 10.6. The van der Waals surface area contributed by atoms with Crippen molar-refractivity contribution >= 4 is 29.9 Å². The van der Waals surface area contributed by atoms with Gasteiger partial charge in [0.15, 0.2) is 5.96 Å². The molecule has 23 heavy (non-hydrogen) atoms. The molecule has 0 radical (unpaired) electrons. The third-order valence-corrected chi connectivity index (χ3v) is 2.78. The second-order valence-corrected chi connectivity index (χ2v) is 4.47. The maximum Gasteiger partial charge on any atom is 0.387 e. The van der Waals surface area contributed by atoms with Crippen LogP contribution in [0.25, 0.3) is 0 Å². The molecule has 0 saturated heterocycles. The lowest BCUT2D eigenvalue weighted by molar-refractivity contribution is -0.0505. The summed E-state index contributed by atoms with van der Waals surface area (Å²) in [6, 6.07) is 4.79. The zero-order chi connectivity index (χ0) is 16.4. The average molecular weight is 443 g/mol. The minimum Gasteiger partial charge on any atom is -0.497 e. The van der Waals surface area contributed by atoms with E-state index in [1.165, 1.54) is 13.2 Å². The van der Waals surface area contributed by atoms with Gasteiger partial charge in [0, 0.05) is 24.7 Å². The summed E-state index contributed by atoms with van der Waals surface area (Å²) >= 11 is 0. The molecule has 0 heterocycles. The zero-order valence-electron chi connectivity index (χ0n) is 13.6. The van der Waals surface area contributed by atoms with Crippen molar-refractivity contribution in [2.45, 2.75) is 33.4 Å². The molecule has 1 aromatic rings. The number of methoxy groups -OCH3 is 1. The molecule has 0 fully saturated rings. The van der Waals surface area contributed by atoms with Crippen molar-refractivity contribution in [2.75, 3.05) is 20.2 Å². The lowest BCUT2D eigenvalue weighted by atomic mass is 10.2. The quantitative estimate of drug-likeness (QED) is 0.368. The van der Waals surface area contributed by atoms with E-state index in [2.05, 4.69) is 27.3 Å². The number of benzene rings is 1. The van der Waals surface area contributed by atoms with Gasteiger partial charge in [0.2, 0.25) is 0 Å². The highest BCUT2D eigenvalue weighted by Gasteiger charge is 2.11. The lowest BCUT2D eigenvalue weighted by Crippen LogP contribution is -2.37. The van der Waals surface area contributed by atoms with E-state index in [0.29, 0.717) is 17.3 Å². The molecule has 0 atom stereocenters. The highest BCUT2D eigenvalue weighted by atomic mass is 127. The molecule has 1 aromatic carbocycles. The second kappa shape index (κ2) is 12.1. The highest BCUT2D eigenvalue weighted by molar-refractivity contribution is 14.0. The number of ether oxygens (including phenoxy) is 2. The second-order valence-electron chi connectivity index (χ2n) is 4.47. The van der Waals surface area contributed by atoms with Gasteiger partial charge in [-0.1, -0.05) is 6.92 Å². The Morgan fingerprint density at radius 1 is 1.26 bits per heavy atom. The fourth-order valence-corrected chi connectivity index (χ4v) is 1.75. The molecule has 2 N–H and O–H groups in total. The van der Waals surface area contributed by atoms with Gasteiger partial charge in [0.25, 0.3) is 0 Å². The number of hydrogen-bond acceptors (Lipinski definition) is 3. The third-order valence-electron chi connectivity index (χ3n) is 2.78. The Bertz CT molecular complexity index is 488. The van der Waals surface area contributed by atoms with Crippen LogP contribution in [-0.2, 0) is 6.54 Å². The molecule has 0 aliphatic carbocycles. The predicted octanol–water partition coefficient (Wildman–Crippen LogP) is 3.38. The first-order valence-corrected chi connectivity index (χ1v) is 7.24. The normalized spacial score (nSPS) is 11.0. The highest BCUT2D eigenvalue weighted by Crippen LogP contribution is 2.27. The van der Waals surface area contributed by atoms with Gasteiger partial charge in [-0.15, -0.1) is 24.0 Å². The number of nitrogens with zero attached hydrogens (tertiary/aromatic N) is 1. The van der Waals surface area contributed by atoms with Gasteiger partial charge in [-0.2, -0.15) is 8.78 Å². The van der Waals surface area contributed by atoms with Gasteiger partial charge in [-0.25, -0.2) is 4.99 Å². The van der Waals surface area contributed by atoms with E-state index < -0.39 is 6.61 Å². The average Bonchev–Trinajstić information content (AvgIpc) is 2.50. The van der Waals surface area contributed by atoms with Crippen LogP contribution in [0, 0.1) is 0 Å². The van der Waals surface area contributed by atoms with E-state index in [1.54, 1.807) is 12.1 Å². The maximum atomic E-state index is 12.5. The van der Waals surface area contributed by atoms with Crippen LogP contribution in [0.4, 0.5) is 8.78 Å². The summed E-state index contributed by atoms with van der Waals surface area (Å²) in [5, 5.41) is 6.24.